The Labute approximate surface area is 98.7 Å². The Morgan fingerprint density at radius 2 is 2.44 bits per heavy atom. The second-order valence-electron chi connectivity index (χ2n) is 3.65. The number of aryl methyl sites for hydroxylation is 2. The molecule has 16 heavy (non-hydrogen) atoms. The minimum Gasteiger partial charge on any atom is -0.338 e. The first-order chi connectivity index (χ1) is 7.81. The fourth-order valence-corrected chi connectivity index (χ4v) is 2.31. The molecule has 0 aliphatic heterocycles. The van der Waals surface area contributed by atoms with Gasteiger partial charge in [0.25, 0.3) is 0 Å². The summed E-state index contributed by atoms with van der Waals surface area (Å²) in [5.41, 5.74) is 0. The van der Waals surface area contributed by atoms with Gasteiger partial charge >= 0.3 is 0 Å². The second-order valence-corrected chi connectivity index (χ2v) is 4.47. The van der Waals surface area contributed by atoms with Crippen LogP contribution in [0.5, 0.6) is 0 Å². The zero-order valence-corrected chi connectivity index (χ0v) is 10.2. The molecule has 2 aromatic heterocycles. The lowest BCUT2D eigenvalue weighted by atomic mass is 10.1. The highest BCUT2D eigenvalue weighted by Gasteiger charge is 2.12. The number of hydrogen-bond donors (Lipinski definition) is 1. The monoisotopic (exact) mass is 237 g/mol. The number of imidazole rings is 1. The molecule has 0 radical (unpaired) electrons. The number of nitrogens with one attached hydrogen (secondary N) is 1. The minimum absolute atomic E-state index is 0.316. The quantitative estimate of drug-likeness (QED) is 0.848. The van der Waals surface area contributed by atoms with E-state index in [1.54, 1.807) is 0 Å². The van der Waals surface area contributed by atoms with Gasteiger partial charge in [-0.2, -0.15) is 0 Å². The van der Waals surface area contributed by atoms with Crippen molar-refractivity contribution >= 4 is 11.5 Å². The summed E-state index contributed by atoms with van der Waals surface area (Å²) in [6, 6.07) is 0.316. The van der Waals surface area contributed by atoms with Crippen molar-refractivity contribution in [3.05, 3.63) is 29.3 Å². The Hall–Kier alpha value is -1.27. The lowest BCUT2D eigenvalue weighted by molar-refractivity contribution is 0.543. The first-order valence-electron chi connectivity index (χ1n) is 5.22. The van der Waals surface area contributed by atoms with Gasteiger partial charge in [0.05, 0.1) is 11.1 Å². The van der Waals surface area contributed by atoms with Crippen molar-refractivity contribution < 1.29 is 0 Å². The molecule has 5 nitrogen and oxygen atoms in total. The highest BCUT2D eigenvalue weighted by Crippen LogP contribution is 2.20. The topological polar surface area (TPSA) is 55.6 Å². The molecule has 6 heteroatoms. The molecular weight excluding hydrogens is 222 g/mol. The van der Waals surface area contributed by atoms with Gasteiger partial charge in [-0.25, -0.2) is 4.98 Å². The third-order valence-corrected chi connectivity index (χ3v) is 3.42. The summed E-state index contributed by atoms with van der Waals surface area (Å²) in [5, 5.41) is 7.14. The third-order valence-electron chi connectivity index (χ3n) is 2.65. The smallest absolute Gasteiger partial charge is 0.108 e. The van der Waals surface area contributed by atoms with Crippen LogP contribution in [0.25, 0.3) is 0 Å². The Balaban J connectivity index is 1.96. The summed E-state index contributed by atoms with van der Waals surface area (Å²) in [6.45, 7) is 0. The molecular formula is C10H15N5S. The molecule has 1 atom stereocenters. The summed E-state index contributed by atoms with van der Waals surface area (Å²) in [7, 11) is 3.98. The minimum atomic E-state index is 0.316. The number of nitrogens with zero attached hydrogens (tertiary/aromatic N) is 4. The van der Waals surface area contributed by atoms with Gasteiger partial charge in [-0.15, -0.1) is 5.10 Å². The number of aromatic nitrogens is 4. The maximum absolute atomic E-state index is 4.31. The van der Waals surface area contributed by atoms with Gasteiger partial charge in [0.15, 0.2) is 0 Å². The van der Waals surface area contributed by atoms with Crippen LogP contribution in [-0.2, 0) is 13.5 Å². The largest absolute Gasteiger partial charge is 0.338 e. The van der Waals surface area contributed by atoms with Crippen molar-refractivity contribution in [2.75, 3.05) is 7.05 Å². The van der Waals surface area contributed by atoms with Crippen molar-refractivity contribution in [3.63, 3.8) is 0 Å². The lowest BCUT2D eigenvalue weighted by Gasteiger charge is -2.12. The summed E-state index contributed by atoms with van der Waals surface area (Å²) >= 11 is 1.45. The highest BCUT2D eigenvalue weighted by atomic mass is 32.1. The van der Waals surface area contributed by atoms with Crippen molar-refractivity contribution in [2.24, 2.45) is 7.05 Å². The van der Waals surface area contributed by atoms with E-state index in [1.165, 1.54) is 16.4 Å². The SMILES string of the molecule is CNC(CCc1nccn1C)c1cnns1. The Morgan fingerprint density at radius 3 is 3.00 bits per heavy atom. The van der Waals surface area contributed by atoms with E-state index in [-0.39, 0.29) is 0 Å². The first-order valence-corrected chi connectivity index (χ1v) is 5.99. The molecule has 0 fully saturated rings. The standard InChI is InChI=1S/C10H15N5S/c1-11-8(9-7-13-14-16-9)3-4-10-12-5-6-15(10)2/h5-8,11H,3-4H2,1-2H3. The summed E-state index contributed by atoms with van der Waals surface area (Å²) in [6.07, 6.45) is 7.58. The molecule has 2 aromatic rings. The predicted octanol–water partition coefficient (Wildman–Crippen LogP) is 1.16. The average Bonchev–Trinajstić information content (AvgIpc) is 2.92. The van der Waals surface area contributed by atoms with Crippen molar-refractivity contribution in [2.45, 2.75) is 18.9 Å². The van der Waals surface area contributed by atoms with E-state index in [9.17, 15) is 0 Å². The predicted molar refractivity (Wildman–Crippen MR) is 63.2 cm³/mol. The third kappa shape index (κ3) is 2.45. The van der Waals surface area contributed by atoms with Crippen LogP contribution >= 0.6 is 11.5 Å². The van der Waals surface area contributed by atoms with Crippen LogP contribution in [0, 0.1) is 0 Å². The molecule has 0 bridgehead atoms. The number of hydrogen-bond acceptors (Lipinski definition) is 5. The molecule has 2 rings (SSSR count). The van der Waals surface area contributed by atoms with Crippen molar-refractivity contribution in [1.29, 1.82) is 0 Å². The van der Waals surface area contributed by atoms with Gasteiger partial charge in [0, 0.05) is 31.9 Å². The normalized spacial score (nSPS) is 12.9. The molecule has 0 aliphatic rings. The summed E-state index contributed by atoms with van der Waals surface area (Å²) in [5.74, 6) is 1.11. The summed E-state index contributed by atoms with van der Waals surface area (Å²) in [4.78, 5) is 5.49. The molecule has 0 aliphatic carbocycles. The molecule has 1 unspecified atom stereocenters. The summed E-state index contributed by atoms with van der Waals surface area (Å²) < 4.78 is 5.94. The fraction of sp³-hybridized carbons (Fsp3) is 0.500. The molecule has 0 saturated carbocycles. The molecule has 0 aromatic carbocycles. The number of rotatable bonds is 5. The zero-order valence-electron chi connectivity index (χ0n) is 9.42. The van der Waals surface area contributed by atoms with E-state index in [0.717, 1.165) is 18.7 Å². The molecule has 0 spiro atoms. The Kier molecular flexibility index (Phi) is 3.63. The van der Waals surface area contributed by atoms with E-state index in [4.69, 9.17) is 0 Å². The van der Waals surface area contributed by atoms with E-state index in [1.807, 2.05) is 32.7 Å². The Morgan fingerprint density at radius 1 is 1.56 bits per heavy atom. The average molecular weight is 237 g/mol. The molecule has 86 valence electrons. The van der Waals surface area contributed by atoms with E-state index in [0.29, 0.717) is 6.04 Å². The first kappa shape index (κ1) is 11.2. The molecule has 1 N–H and O–H groups in total. The van der Waals surface area contributed by atoms with Crippen LogP contribution in [0.4, 0.5) is 0 Å². The van der Waals surface area contributed by atoms with Gasteiger partial charge in [-0.3, -0.25) is 0 Å². The van der Waals surface area contributed by atoms with Crippen LogP contribution in [0.15, 0.2) is 18.6 Å². The van der Waals surface area contributed by atoms with E-state index in [2.05, 4.69) is 24.5 Å². The lowest BCUT2D eigenvalue weighted by Crippen LogP contribution is -2.16. The van der Waals surface area contributed by atoms with Crippen LogP contribution < -0.4 is 5.32 Å². The Bertz CT molecular complexity index is 422. The maximum atomic E-state index is 4.31. The fourth-order valence-electron chi connectivity index (χ4n) is 1.67. The van der Waals surface area contributed by atoms with Crippen LogP contribution in [-0.4, -0.2) is 26.2 Å². The van der Waals surface area contributed by atoms with Gasteiger partial charge in [-0.05, 0) is 25.0 Å². The van der Waals surface area contributed by atoms with Crippen LogP contribution in [0.2, 0.25) is 0 Å². The molecule has 2 heterocycles. The maximum Gasteiger partial charge on any atom is 0.108 e. The van der Waals surface area contributed by atoms with Crippen LogP contribution in [0.1, 0.15) is 23.2 Å². The highest BCUT2D eigenvalue weighted by molar-refractivity contribution is 7.05. The van der Waals surface area contributed by atoms with Gasteiger partial charge in [0.2, 0.25) is 0 Å². The molecule has 0 amide bonds. The van der Waals surface area contributed by atoms with Crippen molar-refractivity contribution in [3.8, 4) is 0 Å². The van der Waals surface area contributed by atoms with E-state index >= 15 is 0 Å². The van der Waals surface area contributed by atoms with Crippen LogP contribution in [0.3, 0.4) is 0 Å². The van der Waals surface area contributed by atoms with Crippen molar-refractivity contribution in [1.82, 2.24) is 24.5 Å². The van der Waals surface area contributed by atoms with Gasteiger partial charge < -0.3 is 9.88 Å². The second kappa shape index (κ2) is 5.18. The molecule has 0 saturated heterocycles. The zero-order chi connectivity index (χ0) is 11.4. The van der Waals surface area contributed by atoms with E-state index < -0.39 is 0 Å². The van der Waals surface area contributed by atoms with Gasteiger partial charge in [0.1, 0.15) is 5.82 Å². The van der Waals surface area contributed by atoms with Gasteiger partial charge in [-0.1, -0.05) is 4.49 Å².